The fraction of sp³-hybridized carbons (Fsp3) is 0. The van der Waals surface area contributed by atoms with Crippen molar-refractivity contribution < 1.29 is 4.42 Å². The molecule has 17 heavy (non-hydrogen) atoms. The maximum absolute atomic E-state index is 5.33. The van der Waals surface area contributed by atoms with E-state index >= 15 is 0 Å². The van der Waals surface area contributed by atoms with Gasteiger partial charge in [-0.25, -0.2) is 4.98 Å². The Morgan fingerprint density at radius 3 is 2.53 bits per heavy atom. The summed E-state index contributed by atoms with van der Waals surface area (Å²) in [6.45, 7) is 0. The zero-order valence-corrected chi connectivity index (χ0v) is 9.05. The van der Waals surface area contributed by atoms with E-state index in [1.807, 2.05) is 6.07 Å². The molecule has 0 amide bonds. The summed E-state index contributed by atoms with van der Waals surface area (Å²) < 4.78 is 5.33. The summed E-state index contributed by atoms with van der Waals surface area (Å²) in [4.78, 5) is 4.29. The minimum absolute atomic E-state index is 0.841. The van der Waals surface area contributed by atoms with E-state index in [9.17, 15) is 0 Å². The third kappa shape index (κ3) is 1.18. The first kappa shape index (κ1) is 8.76. The van der Waals surface area contributed by atoms with Crippen molar-refractivity contribution in [2.45, 2.75) is 0 Å². The summed E-state index contributed by atoms with van der Waals surface area (Å²) in [7, 11) is 0. The molecule has 0 unspecified atom stereocenters. The normalized spacial score (nSPS) is 11.5. The molecule has 0 atom stereocenters. The van der Waals surface area contributed by atoms with E-state index in [1.165, 1.54) is 22.6 Å². The number of oxazole rings is 1. The molecule has 0 aliphatic heterocycles. The Balaban J connectivity index is 2.29. The monoisotopic (exact) mass is 219 g/mol. The molecule has 3 aromatic carbocycles. The lowest BCUT2D eigenvalue weighted by Crippen LogP contribution is -1.78. The van der Waals surface area contributed by atoms with E-state index in [1.54, 1.807) is 0 Å². The lowest BCUT2D eigenvalue weighted by molar-refractivity contribution is 0.602. The van der Waals surface area contributed by atoms with Crippen LogP contribution in [0.1, 0.15) is 0 Å². The molecule has 0 N–H and O–H groups in total. The summed E-state index contributed by atoms with van der Waals surface area (Å²) in [5, 5.41) is 4.83. The second kappa shape index (κ2) is 3.08. The highest BCUT2D eigenvalue weighted by Crippen LogP contribution is 2.28. The van der Waals surface area contributed by atoms with Crippen molar-refractivity contribution in [3.05, 3.63) is 54.9 Å². The van der Waals surface area contributed by atoms with E-state index in [-0.39, 0.29) is 0 Å². The standard InChI is InChI=1S/C15H9NO/c1-2-4-11-8-13-12(7-10(11)3-1)5-6-14-15(13)16-9-17-14/h1-9H. The third-order valence-electron chi connectivity index (χ3n) is 3.18. The molecule has 0 saturated heterocycles. The summed E-state index contributed by atoms with van der Waals surface area (Å²) in [6, 6.07) is 16.8. The van der Waals surface area contributed by atoms with Crippen LogP contribution in [-0.2, 0) is 0 Å². The van der Waals surface area contributed by atoms with Crippen molar-refractivity contribution in [3.63, 3.8) is 0 Å². The Kier molecular flexibility index (Phi) is 1.59. The number of nitrogens with zero attached hydrogens (tertiary/aromatic N) is 1. The van der Waals surface area contributed by atoms with Gasteiger partial charge in [-0.15, -0.1) is 0 Å². The van der Waals surface area contributed by atoms with Crippen LogP contribution in [0.4, 0.5) is 0 Å². The second-order valence-electron chi connectivity index (χ2n) is 4.19. The number of benzene rings is 3. The third-order valence-corrected chi connectivity index (χ3v) is 3.18. The molecule has 0 spiro atoms. The van der Waals surface area contributed by atoms with E-state index in [0.717, 1.165) is 16.5 Å². The van der Waals surface area contributed by atoms with Gasteiger partial charge in [-0.05, 0) is 34.4 Å². The van der Waals surface area contributed by atoms with Crippen LogP contribution in [0.5, 0.6) is 0 Å². The van der Waals surface area contributed by atoms with Gasteiger partial charge in [0.25, 0.3) is 0 Å². The zero-order chi connectivity index (χ0) is 11.2. The fourth-order valence-corrected chi connectivity index (χ4v) is 2.34. The minimum atomic E-state index is 0.841. The van der Waals surface area contributed by atoms with Crippen molar-refractivity contribution in [1.82, 2.24) is 4.98 Å². The average molecular weight is 219 g/mol. The summed E-state index contributed by atoms with van der Waals surface area (Å²) in [6.07, 6.45) is 1.50. The van der Waals surface area contributed by atoms with Crippen LogP contribution in [0.15, 0.2) is 59.3 Å². The first-order valence-electron chi connectivity index (χ1n) is 5.56. The lowest BCUT2D eigenvalue weighted by Gasteiger charge is -2.02. The molecule has 0 saturated carbocycles. The van der Waals surface area contributed by atoms with Crippen LogP contribution >= 0.6 is 0 Å². The molecule has 2 nitrogen and oxygen atoms in total. The maximum atomic E-state index is 5.33. The summed E-state index contributed by atoms with van der Waals surface area (Å²) in [5.41, 5.74) is 1.78. The highest BCUT2D eigenvalue weighted by molar-refractivity contribution is 6.09. The molecule has 4 aromatic rings. The van der Waals surface area contributed by atoms with Crippen molar-refractivity contribution in [1.29, 1.82) is 0 Å². The quantitative estimate of drug-likeness (QED) is 0.415. The van der Waals surface area contributed by atoms with Crippen LogP contribution in [0.25, 0.3) is 32.6 Å². The Bertz CT molecular complexity index is 845. The Morgan fingerprint density at radius 2 is 1.65 bits per heavy atom. The van der Waals surface area contributed by atoms with Gasteiger partial charge in [-0.1, -0.05) is 30.3 Å². The largest absolute Gasteiger partial charge is 0.443 e. The maximum Gasteiger partial charge on any atom is 0.182 e. The summed E-state index contributed by atoms with van der Waals surface area (Å²) in [5.74, 6) is 0. The SMILES string of the molecule is c1ccc2cc3c(ccc4ocnc43)cc2c1. The van der Waals surface area contributed by atoms with Crippen LogP contribution < -0.4 is 0 Å². The van der Waals surface area contributed by atoms with Gasteiger partial charge < -0.3 is 4.42 Å². The van der Waals surface area contributed by atoms with Gasteiger partial charge in [0.05, 0.1) is 0 Å². The lowest BCUT2D eigenvalue weighted by atomic mass is 10.0. The number of rotatable bonds is 0. The predicted octanol–water partition coefficient (Wildman–Crippen LogP) is 4.13. The van der Waals surface area contributed by atoms with Gasteiger partial charge in [0, 0.05) is 5.39 Å². The first-order valence-corrected chi connectivity index (χ1v) is 5.56. The smallest absolute Gasteiger partial charge is 0.182 e. The molecule has 0 fully saturated rings. The van der Waals surface area contributed by atoms with Gasteiger partial charge in [-0.2, -0.15) is 0 Å². The molecule has 1 heterocycles. The minimum Gasteiger partial charge on any atom is -0.443 e. The Morgan fingerprint density at radius 1 is 0.824 bits per heavy atom. The highest BCUT2D eigenvalue weighted by atomic mass is 16.3. The molecular weight excluding hydrogens is 210 g/mol. The fourth-order valence-electron chi connectivity index (χ4n) is 2.34. The molecule has 4 rings (SSSR count). The number of hydrogen-bond donors (Lipinski definition) is 0. The molecule has 0 radical (unpaired) electrons. The van der Waals surface area contributed by atoms with Gasteiger partial charge >= 0.3 is 0 Å². The van der Waals surface area contributed by atoms with Gasteiger partial charge in [0.1, 0.15) is 5.52 Å². The summed E-state index contributed by atoms with van der Waals surface area (Å²) >= 11 is 0. The van der Waals surface area contributed by atoms with Crippen LogP contribution in [-0.4, -0.2) is 4.98 Å². The number of fused-ring (bicyclic) bond motifs is 4. The van der Waals surface area contributed by atoms with E-state index in [0.29, 0.717) is 0 Å². The molecular formula is C15H9NO. The molecule has 80 valence electrons. The van der Waals surface area contributed by atoms with Gasteiger partial charge in [0.2, 0.25) is 0 Å². The van der Waals surface area contributed by atoms with E-state index in [2.05, 4.69) is 47.4 Å². The molecule has 0 aliphatic rings. The van der Waals surface area contributed by atoms with E-state index in [4.69, 9.17) is 4.42 Å². The van der Waals surface area contributed by atoms with Crippen LogP contribution in [0, 0.1) is 0 Å². The van der Waals surface area contributed by atoms with Crippen molar-refractivity contribution >= 4 is 32.6 Å². The molecule has 1 aromatic heterocycles. The Hall–Kier alpha value is -2.35. The van der Waals surface area contributed by atoms with Gasteiger partial charge in [0.15, 0.2) is 12.0 Å². The molecule has 0 aliphatic carbocycles. The first-order chi connectivity index (χ1) is 8.42. The average Bonchev–Trinajstić information content (AvgIpc) is 2.85. The predicted molar refractivity (Wildman–Crippen MR) is 69.0 cm³/mol. The number of aromatic nitrogens is 1. The van der Waals surface area contributed by atoms with Crippen molar-refractivity contribution in [3.8, 4) is 0 Å². The molecule has 2 heteroatoms. The second-order valence-corrected chi connectivity index (χ2v) is 4.19. The van der Waals surface area contributed by atoms with Crippen LogP contribution in [0.2, 0.25) is 0 Å². The van der Waals surface area contributed by atoms with Crippen molar-refractivity contribution in [2.75, 3.05) is 0 Å². The van der Waals surface area contributed by atoms with Gasteiger partial charge in [-0.3, -0.25) is 0 Å². The zero-order valence-electron chi connectivity index (χ0n) is 9.05. The van der Waals surface area contributed by atoms with E-state index < -0.39 is 0 Å². The van der Waals surface area contributed by atoms with Crippen molar-refractivity contribution in [2.24, 2.45) is 0 Å². The van der Waals surface area contributed by atoms with Crippen LogP contribution in [0.3, 0.4) is 0 Å². The Labute approximate surface area is 97.5 Å². The topological polar surface area (TPSA) is 26.0 Å². The molecule has 0 bridgehead atoms. The number of hydrogen-bond acceptors (Lipinski definition) is 2. The highest BCUT2D eigenvalue weighted by Gasteiger charge is 2.05.